The molecule has 1 N–H and O–H groups in total. The fraction of sp³-hybridized carbons (Fsp3) is 1.00. The van der Waals surface area contributed by atoms with Gasteiger partial charge >= 0.3 is 0 Å². The molecule has 0 radical (unpaired) electrons. The molecule has 1 aliphatic heterocycles. The maximum absolute atomic E-state index is 3.48. The van der Waals surface area contributed by atoms with Gasteiger partial charge in [-0.3, -0.25) is 0 Å². The summed E-state index contributed by atoms with van der Waals surface area (Å²) in [5.74, 6) is 0.816. The van der Waals surface area contributed by atoms with Gasteiger partial charge in [-0.1, -0.05) is 13.8 Å². The van der Waals surface area contributed by atoms with Crippen molar-refractivity contribution < 1.29 is 0 Å². The average molecular weight is 241 g/mol. The summed E-state index contributed by atoms with van der Waals surface area (Å²) >= 11 is 0. The van der Waals surface area contributed by atoms with Gasteiger partial charge in [0.25, 0.3) is 0 Å². The number of likely N-dealkylation sites (tertiary alicyclic amines) is 1. The van der Waals surface area contributed by atoms with E-state index in [2.05, 4.69) is 50.0 Å². The Labute approximate surface area is 108 Å². The molecule has 1 heterocycles. The topological polar surface area (TPSA) is 18.5 Å². The van der Waals surface area contributed by atoms with Crippen molar-refractivity contribution >= 4 is 0 Å². The summed E-state index contributed by atoms with van der Waals surface area (Å²) in [4.78, 5) is 5.01. The van der Waals surface area contributed by atoms with Gasteiger partial charge in [-0.15, -0.1) is 0 Å². The van der Waals surface area contributed by atoms with Crippen LogP contribution >= 0.6 is 0 Å². The minimum Gasteiger partial charge on any atom is -0.315 e. The van der Waals surface area contributed by atoms with Crippen molar-refractivity contribution in [3.63, 3.8) is 0 Å². The molecule has 0 bridgehead atoms. The van der Waals surface area contributed by atoms with Crippen LogP contribution in [0.1, 0.15) is 33.6 Å². The molecule has 0 saturated carbocycles. The first-order valence-corrected chi connectivity index (χ1v) is 7.16. The SMILES string of the molecule is CCNC(C)CCCN1CC(C)C(N(C)C)C1. The van der Waals surface area contributed by atoms with E-state index in [1.165, 1.54) is 32.5 Å². The molecule has 0 aromatic rings. The molecular weight excluding hydrogens is 210 g/mol. The van der Waals surface area contributed by atoms with Crippen molar-refractivity contribution in [1.29, 1.82) is 0 Å². The summed E-state index contributed by atoms with van der Waals surface area (Å²) in [6.07, 6.45) is 2.62. The van der Waals surface area contributed by atoms with Crippen molar-refractivity contribution in [3.05, 3.63) is 0 Å². The van der Waals surface area contributed by atoms with Crippen LogP contribution in [0.2, 0.25) is 0 Å². The van der Waals surface area contributed by atoms with Crippen LogP contribution in [0.25, 0.3) is 0 Å². The molecule has 3 unspecified atom stereocenters. The smallest absolute Gasteiger partial charge is 0.0254 e. The third-order valence-electron chi connectivity index (χ3n) is 3.98. The van der Waals surface area contributed by atoms with Crippen molar-refractivity contribution in [2.45, 2.75) is 45.7 Å². The third-order valence-corrected chi connectivity index (χ3v) is 3.98. The molecule has 1 fully saturated rings. The zero-order chi connectivity index (χ0) is 12.8. The van der Waals surface area contributed by atoms with Gasteiger partial charge in [0.2, 0.25) is 0 Å². The van der Waals surface area contributed by atoms with E-state index >= 15 is 0 Å². The van der Waals surface area contributed by atoms with Gasteiger partial charge in [0, 0.05) is 25.2 Å². The molecular formula is C14H31N3. The Balaban J connectivity index is 2.17. The lowest BCUT2D eigenvalue weighted by Crippen LogP contribution is -2.34. The minimum absolute atomic E-state index is 0.671. The van der Waals surface area contributed by atoms with Crippen LogP contribution in [0.5, 0.6) is 0 Å². The number of hydrogen-bond donors (Lipinski definition) is 1. The molecule has 1 rings (SSSR count). The lowest BCUT2D eigenvalue weighted by Gasteiger charge is -2.22. The second-order valence-corrected chi connectivity index (χ2v) is 5.87. The van der Waals surface area contributed by atoms with Crippen LogP contribution in [0.4, 0.5) is 0 Å². The number of nitrogens with one attached hydrogen (secondary N) is 1. The Morgan fingerprint density at radius 3 is 2.59 bits per heavy atom. The molecule has 3 atom stereocenters. The quantitative estimate of drug-likeness (QED) is 0.731. The van der Waals surface area contributed by atoms with E-state index < -0.39 is 0 Å². The molecule has 102 valence electrons. The second-order valence-electron chi connectivity index (χ2n) is 5.87. The Hall–Kier alpha value is -0.120. The van der Waals surface area contributed by atoms with Crippen LogP contribution in [0.3, 0.4) is 0 Å². The first-order valence-electron chi connectivity index (χ1n) is 7.16. The van der Waals surface area contributed by atoms with E-state index in [4.69, 9.17) is 0 Å². The maximum atomic E-state index is 3.48. The largest absolute Gasteiger partial charge is 0.315 e. The Kier molecular flexibility index (Phi) is 6.45. The summed E-state index contributed by atoms with van der Waals surface area (Å²) < 4.78 is 0. The molecule has 17 heavy (non-hydrogen) atoms. The normalized spacial score (nSPS) is 27.9. The monoisotopic (exact) mass is 241 g/mol. The molecule has 0 aromatic heterocycles. The highest BCUT2D eigenvalue weighted by molar-refractivity contribution is 4.86. The van der Waals surface area contributed by atoms with E-state index in [0.717, 1.165) is 18.5 Å². The van der Waals surface area contributed by atoms with Crippen molar-refractivity contribution in [3.8, 4) is 0 Å². The highest BCUT2D eigenvalue weighted by Crippen LogP contribution is 2.20. The van der Waals surface area contributed by atoms with Crippen molar-refractivity contribution in [2.75, 3.05) is 40.3 Å². The molecule has 3 heteroatoms. The lowest BCUT2D eigenvalue weighted by molar-refractivity contribution is 0.250. The number of likely N-dealkylation sites (N-methyl/N-ethyl adjacent to an activating group) is 1. The highest BCUT2D eigenvalue weighted by atomic mass is 15.2. The summed E-state index contributed by atoms with van der Waals surface area (Å²) in [7, 11) is 4.41. The van der Waals surface area contributed by atoms with Crippen LogP contribution in [0.15, 0.2) is 0 Å². The van der Waals surface area contributed by atoms with Crippen molar-refractivity contribution in [1.82, 2.24) is 15.1 Å². The van der Waals surface area contributed by atoms with Gasteiger partial charge in [-0.2, -0.15) is 0 Å². The fourth-order valence-electron chi connectivity index (χ4n) is 2.97. The summed E-state index contributed by atoms with van der Waals surface area (Å²) in [6, 6.07) is 1.42. The van der Waals surface area contributed by atoms with E-state index in [1.807, 2.05) is 0 Å². The third kappa shape index (κ3) is 4.94. The zero-order valence-corrected chi connectivity index (χ0v) is 12.4. The number of nitrogens with zero attached hydrogens (tertiary/aromatic N) is 2. The molecule has 0 aromatic carbocycles. The first kappa shape index (κ1) is 14.9. The van der Waals surface area contributed by atoms with Crippen LogP contribution in [0, 0.1) is 5.92 Å². The predicted molar refractivity (Wildman–Crippen MR) is 75.5 cm³/mol. The van der Waals surface area contributed by atoms with Gasteiger partial charge in [0.05, 0.1) is 0 Å². The van der Waals surface area contributed by atoms with Gasteiger partial charge in [0.15, 0.2) is 0 Å². The van der Waals surface area contributed by atoms with E-state index in [-0.39, 0.29) is 0 Å². The van der Waals surface area contributed by atoms with Gasteiger partial charge in [0.1, 0.15) is 0 Å². The molecule has 3 nitrogen and oxygen atoms in total. The van der Waals surface area contributed by atoms with E-state index in [0.29, 0.717) is 6.04 Å². The van der Waals surface area contributed by atoms with Crippen LogP contribution < -0.4 is 5.32 Å². The Morgan fingerprint density at radius 2 is 2.06 bits per heavy atom. The standard InChI is InChI=1S/C14H31N3/c1-6-15-13(3)8-7-9-17-10-12(2)14(11-17)16(4)5/h12-15H,6-11H2,1-5H3. The van der Waals surface area contributed by atoms with Crippen LogP contribution in [-0.4, -0.2) is 62.2 Å². The Morgan fingerprint density at radius 1 is 1.35 bits per heavy atom. The van der Waals surface area contributed by atoms with E-state index in [1.54, 1.807) is 0 Å². The zero-order valence-electron chi connectivity index (χ0n) is 12.4. The number of hydrogen-bond acceptors (Lipinski definition) is 3. The summed E-state index contributed by atoms with van der Waals surface area (Å²) in [5.41, 5.74) is 0. The Bertz CT molecular complexity index is 206. The fourth-order valence-corrected chi connectivity index (χ4v) is 2.97. The molecule has 1 aliphatic rings. The lowest BCUT2D eigenvalue weighted by atomic mass is 10.1. The van der Waals surface area contributed by atoms with Crippen molar-refractivity contribution in [2.24, 2.45) is 5.92 Å². The predicted octanol–water partition coefficient (Wildman–Crippen LogP) is 1.65. The molecule has 1 saturated heterocycles. The average Bonchev–Trinajstić information content (AvgIpc) is 2.60. The molecule has 0 amide bonds. The molecule has 0 spiro atoms. The van der Waals surface area contributed by atoms with Gasteiger partial charge < -0.3 is 15.1 Å². The molecule has 0 aliphatic carbocycles. The number of rotatable bonds is 7. The summed E-state index contributed by atoms with van der Waals surface area (Å²) in [6.45, 7) is 11.7. The van der Waals surface area contributed by atoms with Crippen LogP contribution in [-0.2, 0) is 0 Å². The maximum Gasteiger partial charge on any atom is 0.0254 e. The van der Waals surface area contributed by atoms with Gasteiger partial charge in [-0.05, 0) is 52.9 Å². The van der Waals surface area contributed by atoms with Gasteiger partial charge in [-0.25, -0.2) is 0 Å². The first-order chi connectivity index (χ1) is 8.04. The summed E-state index contributed by atoms with van der Waals surface area (Å²) in [5, 5.41) is 3.48. The minimum atomic E-state index is 0.671. The second kappa shape index (κ2) is 7.34. The highest BCUT2D eigenvalue weighted by Gasteiger charge is 2.30. The van der Waals surface area contributed by atoms with E-state index in [9.17, 15) is 0 Å².